The van der Waals surface area contributed by atoms with Crippen LogP contribution in [-0.4, -0.2) is 38.1 Å². The Bertz CT molecular complexity index is 1090. The smallest absolute Gasteiger partial charge is 0.185 e. The summed E-state index contributed by atoms with van der Waals surface area (Å²) >= 11 is 1.64. The summed E-state index contributed by atoms with van der Waals surface area (Å²) in [6.07, 6.45) is 7.23. The first-order valence-electron chi connectivity index (χ1n) is 11.3. The lowest BCUT2D eigenvalue weighted by Crippen LogP contribution is -2.41. The molecule has 0 radical (unpaired) electrons. The van der Waals surface area contributed by atoms with Gasteiger partial charge in [-0.25, -0.2) is 5.01 Å². The van der Waals surface area contributed by atoms with Crippen LogP contribution in [0.3, 0.4) is 0 Å². The van der Waals surface area contributed by atoms with Crippen molar-refractivity contribution in [1.82, 2.24) is 10.4 Å². The molecule has 1 aliphatic rings. The van der Waals surface area contributed by atoms with Crippen molar-refractivity contribution >= 4 is 23.2 Å². The Balaban J connectivity index is 1.46. The molecule has 1 N–H and O–H groups in total. The monoisotopic (exact) mass is 462 g/mol. The van der Waals surface area contributed by atoms with E-state index in [4.69, 9.17) is 9.47 Å². The molecule has 6 heteroatoms. The van der Waals surface area contributed by atoms with Crippen molar-refractivity contribution in [2.75, 3.05) is 27.3 Å². The minimum atomic E-state index is -0.0407. The van der Waals surface area contributed by atoms with E-state index in [1.165, 1.54) is 24.8 Å². The van der Waals surface area contributed by atoms with Crippen molar-refractivity contribution in [2.24, 2.45) is 0 Å². The number of piperidine rings is 1. The van der Waals surface area contributed by atoms with Gasteiger partial charge in [-0.3, -0.25) is 10.2 Å². The van der Waals surface area contributed by atoms with Crippen LogP contribution in [0.1, 0.15) is 40.7 Å². The molecule has 3 aromatic rings. The van der Waals surface area contributed by atoms with Crippen LogP contribution in [0.25, 0.3) is 16.5 Å². The lowest BCUT2D eigenvalue weighted by atomic mass is 10.0. The summed E-state index contributed by atoms with van der Waals surface area (Å²) in [6.45, 7) is 2.98. The van der Waals surface area contributed by atoms with E-state index in [0.717, 1.165) is 41.4 Å². The normalized spacial score (nSPS) is 14.5. The number of methoxy groups -OCH3 is 2. The SMILES string of the molecule is COc1cc(OC)c(-c2cccs2)cc1/C=C/C(=O)c1ccc(CNN2CCCCC2)cc1. The molecule has 0 bridgehead atoms. The number of carbonyl (C=O) groups excluding carboxylic acids is 1. The van der Waals surface area contributed by atoms with E-state index in [-0.39, 0.29) is 5.78 Å². The summed E-state index contributed by atoms with van der Waals surface area (Å²) in [7, 11) is 3.27. The van der Waals surface area contributed by atoms with E-state index in [9.17, 15) is 4.79 Å². The van der Waals surface area contributed by atoms with Gasteiger partial charge in [0.1, 0.15) is 11.5 Å². The number of nitrogens with one attached hydrogen (secondary N) is 1. The summed E-state index contributed by atoms with van der Waals surface area (Å²) in [6, 6.07) is 15.7. The summed E-state index contributed by atoms with van der Waals surface area (Å²) in [5.74, 6) is 1.36. The number of ether oxygens (including phenoxy) is 2. The predicted molar refractivity (Wildman–Crippen MR) is 135 cm³/mol. The number of nitrogens with zero attached hydrogens (tertiary/aromatic N) is 1. The average Bonchev–Trinajstić information content (AvgIpc) is 3.41. The van der Waals surface area contributed by atoms with Crippen molar-refractivity contribution in [3.05, 3.63) is 76.7 Å². The van der Waals surface area contributed by atoms with E-state index in [1.54, 1.807) is 31.6 Å². The van der Waals surface area contributed by atoms with Crippen LogP contribution in [0, 0.1) is 0 Å². The molecule has 1 aromatic heterocycles. The highest BCUT2D eigenvalue weighted by molar-refractivity contribution is 7.13. The van der Waals surface area contributed by atoms with Crippen molar-refractivity contribution in [3.8, 4) is 21.9 Å². The van der Waals surface area contributed by atoms with Gasteiger partial charge in [-0.15, -0.1) is 11.3 Å². The molecule has 0 atom stereocenters. The Kier molecular flexibility index (Phi) is 7.94. The number of benzene rings is 2. The highest BCUT2D eigenvalue weighted by Crippen LogP contribution is 2.38. The average molecular weight is 463 g/mol. The van der Waals surface area contributed by atoms with E-state index in [2.05, 4.69) is 16.5 Å². The molecule has 1 saturated heterocycles. The molecular formula is C27H30N2O3S. The number of hydrogen-bond acceptors (Lipinski definition) is 6. The largest absolute Gasteiger partial charge is 0.496 e. The highest BCUT2D eigenvalue weighted by Gasteiger charge is 2.13. The van der Waals surface area contributed by atoms with Gasteiger partial charge in [0, 0.05) is 47.3 Å². The predicted octanol–water partition coefficient (Wildman–Crippen LogP) is 5.82. The van der Waals surface area contributed by atoms with Crippen molar-refractivity contribution in [3.63, 3.8) is 0 Å². The van der Waals surface area contributed by atoms with Gasteiger partial charge in [0.05, 0.1) is 14.2 Å². The maximum Gasteiger partial charge on any atom is 0.185 e. The van der Waals surface area contributed by atoms with E-state index >= 15 is 0 Å². The summed E-state index contributed by atoms with van der Waals surface area (Å²) < 4.78 is 11.1. The molecule has 5 nitrogen and oxygen atoms in total. The van der Waals surface area contributed by atoms with E-state index in [0.29, 0.717) is 11.3 Å². The molecule has 0 aliphatic carbocycles. The fraction of sp³-hybridized carbons (Fsp3) is 0.296. The Morgan fingerprint density at radius 3 is 2.45 bits per heavy atom. The second kappa shape index (κ2) is 11.3. The summed E-state index contributed by atoms with van der Waals surface area (Å²) in [5.41, 5.74) is 7.12. The van der Waals surface area contributed by atoms with Gasteiger partial charge < -0.3 is 9.47 Å². The van der Waals surface area contributed by atoms with Crippen LogP contribution in [0.5, 0.6) is 11.5 Å². The molecule has 1 fully saturated rings. The molecule has 4 rings (SSSR count). The van der Waals surface area contributed by atoms with Gasteiger partial charge in [0.15, 0.2) is 5.78 Å². The fourth-order valence-electron chi connectivity index (χ4n) is 3.98. The number of allylic oxidation sites excluding steroid dienone is 1. The fourth-order valence-corrected chi connectivity index (χ4v) is 4.73. The number of rotatable bonds is 9. The molecule has 2 heterocycles. The Labute approximate surface area is 199 Å². The number of hydrazine groups is 1. The number of hydrogen-bond donors (Lipinski definition) is 1. The zero-order valence-corrected chi connectivity index (χ0v) is 20.0. The Morgan fingerprint density at radius 1 is 1.03 bits per heavy atom. The van der Waals surface area contributed by atoms with Crippen molar-refractivity contribution in [1.29, 1.82) is 0 Å². The standard InChI is InChI=1S/C27H30N2O3S/c1-31-25-18-26(32-2)23(27-7-6-16-33-27)17-22(25)12-13-24(30)21-10-8-20(9-11-21)19-28-29-14-4-3-5-15-29/h6-13,16-18,28H,3-5,14-15,19H2,1-2H3/b13-12+. The Morgan fingerprint density at radius 2 is 1.79 bits per heavy atom. The van der Waals surface area contributed by atoms with E-state index in [1.807, 2.05) is 53.9 Å². The van der Waals surface area contributed by atoms with Gasteiger partial charge in [0.25, 0.3) is 0 Å². The van der Waals surface area contributed by atoms with Gasteiger partial charge >= 0.3 is 0 Å². The van der Waals surface area contributed by atoms with Crippen molar-refractivity contribution in [2.45, 2.75) is 25.8 Å². The minimum absolute atomic E-state index is 0.0407. The number of carbonyl (C=O) groups is 1. The molecule has 0 unspecified atom stereocenters. The van der Waals surface area contributed by atoms with Gasteiger partial charge in [-0.05, 0) is 48.1 Å². The molecule has 2 aromatic carbocycles. The molecular weight excluding hydrogens is 432 g/mol. The zero-order valence-electron chi connectivity index (χ0n) is 19.2. The maximum absolute atomic E-state index is 12.8. The first kappa shape index (κ1) is 23.2. The highest BCUT2D eigenvalue weighted by atomic mass is 32.1. The van der Waals surface area contributed by atoms with E-state index < -0.39 is 0 Å². The maximum atomic E-state index is 12.8. The van der Waals surface area contributed by atoms with Gasteiger partial charge in [-0.1, -0.05) is 36.8 Å². The minimum Gasteiger partial charge on any atom is -0.496 e. The van der Waals surface area contributed by atoms with Crippen LogP contribution in [0.2, 0.25) is 0 Å². The van der Waals surface area contributed by atoms with Crippen LogP contribution in [0.4, 0.5) is 0 Å². The third-order valence-corrected chi connectivity index (χ3v) is 6.76. The molecule has 33 heavy (non-hydrogen) atoms. The first-order chi connectivity index (χ1) is 16.2. The molecule has 1 aliphatic heterocycles. The van der Waals surface area contributed by atoms with Crippen molar-refractivity contribution < 1.29 is 14.3 Å². The van der Waals surface area contributed by atoms with Crippen LogP contribution in [0.15, 0.2) is 60.0 Å². The molecule has 0 saturated carbocycles. The van der Waals surface area contributed by atoms with Crippen LogP contribution < -0.4 is 14.9 Å². The summed E-state index contributed by atoms with van der Waals surface area (Å²) in [5, 5.41) is 4.32. The lowest BCUT2D eigenvalue weighted by Gasteiger charge is -2.27. The second-order valence-electron chi connectivity index (χ2n) is 8.05. The first-order valence-corrected chi connectivity index (χ1v) is 12.2. The zero-order chi connectivity index (χ0) is 23.0. The summed E-state index contributed by atoms with van der Waals surface area (Å²) in [4.78, 5) is 13.9. The van der Waals surface area contributed by atoms with Crippen LogP contribution >= 0.6 is 11.3 Å². The topological polar surface area (TPSA) is 50.8 Å². The third-order valence-electron chi connectivity index (χ3n) is 5.85. The number of thiophene rings is 1. The quantitative estimate of drug-likeness (QED) is 0.321. The molecule has 0 spiro atoms. The third kappa shape index (κ3) is 5.90. The Hall–Kier alpha value is -2.93. The second-order valence-corrected chi connectivity index (χ2v) is 9.00. The lowest BCUT2D eigenvalue weighted by molar-refractivity contribution is 0.104. The molecule has 172 valence electrons. The number of ketones is 1. The van der Waals surface area contributed by atoms with Gasteiger partial charge in [0.2, 0.25) is 0 Å². The van der Waals surface area contributed by atoms with Gasteiger partial charge in [-0.2, -0.15) is 0 Å². The van der Waals surface area contributed by atoms with Crippen LogP contribution in [-0.2, 0) is 6.54 Å². The molecule has 0 amide bonds.